The summed E-state index contributed by atoms with van der Waals surface area (Å²) in [5, 5.41) is 31.1. The molecule has 7 heteroatoms. The van der Waals surface area contributed by atoms with E-state index in [1.807, 2.05) is 30.5 Å². The number of hydrogen-bond acceptors (Lipinski definition) is 5. The van der Waals surface area contributed by atoms with Crippen LogP contribution in [0.15, 0.2) is 53.5 Å². The van der Waals surface area contributed by atoms with Crippen molar-refractivity contribution in [2.24, 2.45) is 0 Å². The Hall–Kier alpha value is -3.60. The molecule has 2 heterocycles. The van der Waals surface area contributed by atoms with Crippen LogP contribution in [0.25, 0.3) is 32.8 Å². The van der Waals surface area contributed by atoms with Crippen molar-refractivity contribution >= 4 is 21.7 Å². The summed E-state index contributed by atoms with van der Waals surface area (Å²) in [5.74, 6) is 0.566. The second kappa shape index (κ2) is 7.43. The number of benzene rings is 2. The molecule has 0 aliphatic heterocycles. The number of aliphatic hydroxyl groups excluding tert-OH is 2. The van der Waals surface area contributed by atoms with E-state index in [4.69, 9.17) is 4.74 Å². The van der Waals surface area contributed by atoms with Crippen molar-refractivity contribution in [1.29, 1.82) is 5.26 Å². The molecule has 2 aromatic carbocycles. The fraction of sp³-hybridized carbons (Fsp3) is 0.182. The monoisotopic (exact) mass is 389 g/mol. The van der Waals surface area contributed by atoms with Crippen molar-refractivity contribution in [2.45, 2.75) is 12.6 Å². The maximum absolute atomic E-state index is 13.1. The van der Waals surface area contributed by atoms with Gasteiger partial charge in [0, 0.05) is 33.4 Å². The largest absolute Gasteiger partial charge is 0.497 e. The average Bonchev–Trinajstić information content (AvgIpc) is 3.24. The van der Waals surface area contributed by atoms with Gasteiger partial charge in [0.05, 0.1) is 26.4 Å². The van der Waals surface area contributed by atoms with E-state index in [0.717, 1.165) is 16.5 Å². The summed E-state index contributed by atoms with van der Waals surface area (Å²) in [4.78, 5) is 16.3. The minimum Gasteiger partial charge on any atom is -0.497 e. The van der Waals surface area contributed by atoms with Crippen molar-refractivity contribution in [3.8, 4) is 22.9 Å². The van der Waals surface area contributed by atoms with Crippen molar-refractivity contribution in [3.63, 3.8) is 0 Å². The van der Waals surface area contributed by atoms with Gasteiger partial charge in [-0.05, 0) is 35.9 Å². The average molecular weight is 389 g/mol. The Kier molecular flexibility index (Phi) is 4.80. The number of methoxy groups -OCH3 is 1. The Balaban J connectivity index is 2.18. The predicted octanol–water partition coefficient (Wildman–Crippen LogP) is 2.38. The van der Waals surface area contributed by atoms with E-state index < -0.39 is 18.3 Å². The molecule has 29 heavy (non-hydrogen) atoms. The summed E-state index contributed by atoms with van der Waals surface area (Å²) < 4.78 is 6.57. The maximum atomic E-state index is 13.1. The Morgan fingerprint density at radius 1 is 1.21 bits per heavy atom. The second-order valence-electron chi connectivity index (χ2n) is 6.74. The second-order valence-corrected chi connectivity index (χ2v) is 6.74. The molecule has 146 valence electrons. The quantitative estimate of drug-likeness (QED) is 0.485. The van der Waals surface area contributed by atoms with Gasteiger partial charge in [-0.15, -0.1) is 0 Å². The van der Waals surface area contributed by atoms with Crippen LogP contribution in [0.3, 0.4) is 0 Å². The molecule has 4 aromatic rings. The van der Waals surface area contributed by atoms with Crippen LogP contribution in [0.1, 0.15) is 5.69 Å². The number of fused-ring (bicyclic) bond motifs is 2. The molecule has 1 atom stereocenters. The van der Waals surface area contributed by atoms with E-state index in [9.17, 15) is 20.3 Å². The number of ether oxygens (including phenoxy) is 1. The van der Waals surface area contributed by atoms with Crippen molar-refractivity contribution in [1.82, 2.24) is 9.55 Å². The van der Waals surface area contributed by atoms with E-state index in [1.165, 1.54) is 11.7 Å². The van der Waals surface area contributed by atoms with E-state index in [0.29, 0.717) is 22.1 Å². The normalized spacial score (nSPS) is 12.2. The zero-order chi connectivity index (χ0) is 20.5. The third-order valence-corrected chi connectivity index (χ3v) is 5.05. The summed E-state index contributed by atoms with van der Waals surface area (Å²) in [6, 6.07) is 14.8. The number of aliphatic hydroxyl groups is 2. The Labute approximate surface area is 166 Å². The number of nitrogens with zero attached hydrogens (tertiary/aromatic N) is 2. The van der Waals surface area contributed by atoms with E-state index in [1.54, 1.807) is 18.2 Å². The Morgan fingerprint density at radius 2 is 2.03 bits per heavy atom. The van der Waals surface area contributed by atoms with Gasteiger partial charge in [-0.3, -0.25) is 9.36 Å². The molecule has 0 aliphatic carbocycles. The minimum atomic E-state index is -1.16. The standard InChI is InChI=1S/C22H19N3O4/c1-29-14-5-6-17-18(9-14)21(16-3-2-4-19-15(16)7-8-24-19)20(10-23)25(22(17)28)11-13(27)12-26/h2-9,13,24,26-27H,11-12H2,1H3/t13-/m1/s1. The number of aromatic nitrogens is 2. The number of pyridine rings is 1. The van der Waals surface area contributed by atoms with Crippen molar-refractivity contribution in [3.05, 3.63) is 64.7 Å². The van der Waals surface area contributed by atoms with Crippen LogP contribution >= 0.6 is 0 Å². The lowest BCUT2D eigenvalue weighted by atomic mass is 9.94. The first kappa shape index (κ1) is 18.7. The molecule has 0 spiro atoms. The zero-order valence-corrected chi connectivity index (χ0v) is 15.7. The van der Waals surface area contributed by atoms with Crippen LogP contribution in [-0.2, 0) is 6.54 Å². The molecule has 0 radical (unpaired) electrons. The van der Waals surface area contributed by atoms with Gasteiger partial charge < -0.3 is 19.9 Å². The lowest BCUT2D eigenvalue weighted by Crippen LogP contribution is -2.31. The highest BCUT2D eigenvalue weighted by Crippen LogP contribution is 2.36. The number of nitriles is 1. The highest BCUT2D eigenvalue weighted by atomic mass is 16.5. The highest BCUT2D eigenvalue weighted by Gasteiger charge is 2.21. The summed E-state index contributed by atoms with van der Waals surface area (Å²) in [6.07, 6.45) is 0.653. The van der Waals surface area contributed by atoms with Crippen LogP contribution in [0, 0.1) is 11.3 Å². The van der Waals surface area contributed by atoms with Crippen LogP contribution in [0.2, 0.25) is 0 Å². The fourth-order valence-corrected chi connectivity index (χ4v) is 3.69. The summed E-state index contributed by atoms with van der Waals surface area (Å²) in [5.41, 5.74) is 1.98. The first-order valence-corrected chi connectivity index (χ1v) is 9.09. The molecule has 7 nitrogen and oxygen atoms in total. The lowest BCUT2D eigenvalue weighted by Gasteiger charge is -2.18. The fourth-order valence-electron chi connectivity index (χ4n) is 3.69. The van der Waals surface area contributed by atoms with Gasteiger partial charge in [-0.25, -0.2) is 0 Å². The van der Waals surface area contributed by atoms with Crippen LogP contribution in [0.5, 0.6) is 5.75 Å². The molecule has 0 unspecified atom stereocenters. The van der Waals surface area contributed by atoms with E-state index >= 15 is 0 Å². The topological polar surface area (TPSA) is 111 Å². The van der Waals surface area contributed by atoms with Gasteiger partial charge in [0.2, 0.25) is 0 Å². The number of nitrogens with one attached hydrogen (secondary N) is 1. The summed E-state index contributed by atoms with van der Waals surface area (Å²) >= 11 is 0. The predicted molar refractivity (Wildman–Crippen MR) is 110 cm³/mol. The number of rotatable bonds is 5. The molecule has 0 saturated carbocycles. The Bertz CT molecular complexity index is 1310. The molecule has 3 N–H and O–H groups in total. The zero-order valence-electron chi connectivity index (χ0n) is 15.7. The first-order chi connectivity index (χ1) is 14.1. The van der Waals surface area contributed by atoms with Crippen LogP contribution in [0.4, 0.5) is 0 Å². The van der Waals surface area contributed by atoms with Gasteiger partial charge in [0.1, 0.15) is 17.5 Å². The van der Waals surface area contributed by atoms with Crippen molar-refractivity contribution in [2.75, 3.05) is 13.7 Å². The number of H-pyrrole nitrogens is 1. The highest BCUT2D eigenvalue weighted by molar-refractivity contribution is 6.06. The SMILES string of the molecule is COc1ccc2c(=O)n(C[C@@H](O)CO)c(C#N)c(-c3cccc4[nH]ccc34)c2c1. The summed E-state index contributed by atoms with van der Waals surface area (Å²) in [6.45, 7) is -0.697. The molecular formula is C22H19N3O4. The number of aromatic amines is 1. The molecule has 0 bridgehead atoms. The minimum absolute atomic E-state index is 0.122. The molecule has 0 aliphatic rings. The molecule has 0 amide bonds. The van der Waals surface area contributed by atoms with Crippen LogP contribution in [-0.4, -0.2) is 39.6 Å². The first-order valence-electron chi connectivity index (χ1n) is 9.09. The molecule has 4 rings (SSSR count). The maximum Gasteiger partial charge on any atom is 0.259 e. The molecule has 2 aromatic heterocycles. The van der Waals surface area contributed by atoms with Gasteiger partial charge in [0.25, 0.3) is 5.56 Å². The Morgan fingerprint density at radius 3 is 2.76 bits per heavy atom. The van der Waals surface area contributed by atoms with E-state index in [2.05, 4.69) is 11.1 Å². The summed E-state index contributed by atoms with van der Waals surface area (Å²) in [7, 11) is 1.54. The molecule has 0 saturated heterocycles. The van der Waals surface area contributed by atoms with Crippen molar-refractivity contribution < 1.29 is 14.9 Å². The number of hydrogen-bond donors (Lipinski definition) is 3. The third kappa shape index (κ3) is 3.05. The van der Waals surface area contributed by atoms with E-state index in [-0.39, 0.29) is 12.2 Å². The van der Waals surface area contributed by atoms with Crippen LogP contribution < -0.4 is 10.3 Å². The van der Waals surface area contributed by atoms with Gasteiger partial charge >= 0.3 is 0 Å². The smallest absolute Gasteiger partial charge is 0.259 e. The lowest BCUT2D eigenvalue weighted by molar-refractivity contribution is 0.0803. The van der Waals surface area contributed by atoms with Gasteiger partial charge in [-0.2, -0.15) is 5.26 Å². The van der Waals surface area contributed by atoms with Gasteiger partial charge in [-0.1, -0.05) is 12.1 Å². The third-order valence-electron chi connectivity index (χ3n) is 5.05. The molecule has 0 fully saturated rings. The molecular weight excluding hydrogens is 370 g/mol. The van der Waals surface area contributed by atoms with Gasteiger partial charge in [0.15, 0.2) is 0 Å².